The Hall–Kier alpha value is -1.83. The summed E-state index contributed by atoms with van der Waals surface area (Å²) in [6, 6.07) is 13.7. The molecule has 2 rings (SSSR count). The molecule has 0 amide bonds. The summed E-state index contributed by atoms with van der Waals surface area (Å²) in [5.41, 5.74) is 3.30. The lowest BCUT2D eigenvalue weighted by molar-refractivity contribution is 0.294. The van der Waals surface area contributed by atoms with Crippen molar-refractivity contribution < 1.29 is 9.13 Å². The molecule has 0 heterocycles. The number of halogens is 1. The molecule has 0 unspecified atom stereocenters. The first-order valence-corrected chi connectivity index (χ1v) is 9.26. The molecule has 0 aliphatic heterocycles. The summed E-state index contributed by atoms with van der Waals surface area (Å²) in [6.07, 6.45) is 8.23. The summed E-state index contributed by atoms with van der Waals surface area (Å²) in [5.74, 6) is 0.0620. The van der Waals surface area contributed by atoms with Crippen molar-refractivity contribution in [2.45, 2.75) is 58.8 Å². The van der Waals surface area contributed by atoms with E-state index in [-0.39, 0.29) is 5.82 Å². The maximum Gasteiger partial charge on any atom is 0.165 e. The van der Waals surface area contributed by atoms with E-state index in [9.17, 15) is 4.39 Å². The fraction of sp³-hybridized carbons (Fsp3) is 0.455. The highest BCUT2D eigenvalue weighted by atomic mass is 19.1. The molecule has 0 aliphatic carbocycles. The molecule has 2 heteroatoms. The van der Waals surface area contributed by atoms with Gasteiger partial charge in [0.05, 0.1) is 6.61 Å². The highest BCUT2D eigenvalue weighted by Crippen LogP contribution is 2.26. The van der Waals surface area contributed by atoms with Crippen LogP contribution in [0.15, 0.2) is 42.5 Å². The predicted octanol–water partition coefficient (Wildman–Crippen LogP) is 6.79. The fourth-order valence-electron chi connectivity index (χ4n) is 2.74. The van der Waals surface area contributed by atoms with Crippen LogP contribution >= 0.6 is 0 Å². The Morgan fingerprint density at radius 2 is 1.50 bits per heavy atom. The van der Waals surface area contributed by atoms with Crippen molar-refractivity contribution in [3.8, 4) is 16.9 Å². The van der Waals surface area contributed by atoms with Crippen molar-refractivity contribution in [1.29, 1.82) is 0 Å². The third-order valence-corrected chi connectivity index (χ3v) is 4.29. The minimum absolute atomic E-state index is 0.285. The molecule has 2 aromatic carbocycles. The monoisotopic (exact) mass is 328 g/mol. The Morgan fingerprint density at radius 3 is 2.17 bits per heavy atom. The van der Waals surface area contributed by atoms with Crippen LogP contribution in [-0.2, 0) is 6.42 Å². The highest BCUT2D eigenvalue weighted by Gasteiger charge is 2.06. The van der Waals surface area contributed by atoms with Crippen LogP contribution in [0.25, 0.3) is 11.1 Å². The maximum absolute atomic E-state index is 14.2. The minimum atomic E-state index is -0.285. The average Bonchev–Trinajstić information content (AvgIpc) is 2.61. The molecule has 0 atom stereocenters. The summed E-state index contributed by atoms with van der Waals surface area (Å²) in [6.45, 7) is 4.89. The van der Waals surface area contributed by atoms with Crippen LogP contribution < -0.4 is 4.74 Å². The zero-order valence-corrected chi connectivity index (χ0v) is 15.0. The van der Waals surface area contributed by atoms with Crippen molar-refractivity contribution in [2.75, 3.05) is 6.61 Å². The van der Waals surface area contributed by atoms with Gasteiger partial charge < -0.3 is 4.74 Å². The lowest BCUT2D eigenvalue weighted by Crippen LogP contribution is -1.98. The average molecular weight is 328 g/mol. The fourth-order valence-corrected chi connectivity index (χ4v) is 2.74. The molecule has 0 saturated heterocycles. The topological polar surface area (TPSA) is 9.23 Å². The Labute approximate surface area is 145 Å². The van der Waals surface area contributed by atoms with Gasteiger partial charge in [0.2, 0.25) is 0 Å². The van der Waals surface area contributed by atoms with Crippen LogP contribution in [0.5, 0.6) is 5.75 Å². The molecule has 0 N–H and O–H groups in total. The molecule has 0 spiro atoms. The number of hydrogen-bond donors (Lipinski definition) is 0. The van der Waals surface area contributed by atoms with Crippen molar-refractivity contribution in [3.05, 3.63) is 53.8 Å². The normalized spacial score (nSPS) is 10.8. The quantitative estimate of drug-likeness (QED) is 0.436. The van der Waals surface area contributed by atoms with Crippen molar-refractivity contribution in [3.63, 3.8) is 0 Å². The lowest BCUT2D eigenvalue weighted by atomic mass is 10.0. The van der Waals surface area contributed by atoms with E-state index in [0.717, 1.165) is 30.4 Å². The van der Waals surface area contributed by atoms with Gasteiger partial charge in [-0.25, -0.2) is 4.39 Å². The van der Waals surface area contributed by atoms with E-state index in [4.69, 9.17) is 4.74 Å². The van der Waals surface area contributed by atoms with Gasteiger partial charge in [-0.2, -0.15) is 0 Å². The molecule has 0 saturated carbocycles. The zero-order valence-electron chi connectivity index (χ0n) is 15.0. The first-order chi connectivity index (χ1) is 11.7. The Balaban J connectivity index is 1.97. The molecular formula is C22H29FO. The highest BCUT2D eigenvalue weighted by molar-refractivity contribution is 5.64. The molecular weight excluding hydrogens is 299 g/mol. The smallest absolute Gasteiger partial charge is 0.165 e. The van der Waals surface area contributed by atoms with Crippen molar-refractivity contribution >= 4 is 0 Å². The number of ether oxygens (including phenoxy) is 1. The Kier molecular flexibility index (Phi) is 7.81. The number of benzene rings is 2. The molecule has 0 aliphatic rings. The second-order valence-corrected chi connectivity index (χ2v) is 6.35. The lowest BCUT2D eigenvalue weighted by Gasteiger charge is -2.09. The molecule has 130 valence electrons. The van der Waals surface area contributed by atoms with E-state index in [1.54, 1.807) is 12.1 Å². The van der Waals surface area contributed by atoms with E-state index in [1.807, 2.05) is 6.07 Å². The number of unbranched alkanes of at least 4 members (excludes halogenated alkanes) is 4. The molecule has 0 bridgehead atoms. The second-order valence-electron chi connectivity index (χ2n) is 6.35. The van der Waals surface area contributed by atoms with Gasteiger partial charge in [-0.15, -0.1) is 0 Å². The second kappa shape index (κ2) is 10.1. The van der Waals surface area contributed by atoms with Crippen LogP contribution in [0.1, 0.15) is 57.9 Å². The maximum atomic E-state index is 14.2. The first kappa shape index (κ1) is 18.5. The van der Waals surface area contributed by atoms with Crippen LogP contribution in [0, 0.1) is 5.82 Å². The SMILES string of the molecule is CCCCCCc1ccc(-c2ccc(OCCCC)c(F)c2)cc1. The summed E-state index contributed by atoms with van der Waals surface area (Å²) >= 11 is 0. The summed E-state index contributed by atoms with van der Waals surface area (Å²) < 4.78 is 19.6. The summed E-state index contributed by atoms with van der Waals surface area (Å²) in [4.78, 5) is 0. The molecule has 0 aromatic heterocycles. The summed E-state index contributed by atoms with van der Waals surface area (Å²) in [7, 11) is 0. The van der Waals surface area contributed by atoms with Gasteiger partial charge in [0.25, 0.3) is 0 Å². The third-order valence-electron chi connectivity index (χ3n) is 4.29. The van der Waals surface area contributed by atoms with E-state index >= 15 is 0 Å². The summed E-state index contributed by atoms with van der Waals surface area (Å²) in [5, 5.41) is 0. The van der Waals surface area contributed by atoms with Crippen LogP contribution in [0.4, 0.5) is 4.39 Å². The van der Waals surface area contributed by atoms with E-state index in [2.05, 4.69) is 38.1 Å². The van der Waals surface area contributed by atoms with E-state index in [1.165, 1.54) is 31.2 Å². The van der Waals surface area contributed by atoms with Gasteiger partial charge in [-0.3, -0.25) is 0 Å². The van der Waals surface area contributed by atoms with Crippen LogP contribution in [0.3, 0.4) is 0 Å². The van der Waals surface area contributed by atoms with Gasteiger partial charge in [0, 0.05) is 0 Å². The predicted molar refractivity (Wildman–Crippen MR) is 100 cm³/mol. The van der Waals surface area contributed by atoms with Gasteiger partial charge in [-0.05, 0) is 48.1 Å². The number of aryl methyl sites for hydroxylation is 1. The van der Waals surface area contributed by atoms with Gasteiger partial charge in [-0.1, -0.05) is 69.9 Å². The van der Waals surface area contributed by atoms with E-state index < -0.39 is 0 Å². The Bertz CT molecular complexity index is 604. The first-order valence-electron chi connectivity index (χ1n) is 9.26. The number of hydrogen-bond acceptors (Lipinski definition) is 1. The molecule has 2 aromatic rings. The van der Waals surface area contributed by atoms with Crippen LogP contribution in [-0.4, -0.2) is 6.61 Å². The van der Waals surface area contributed by atoms with Crippen LogP contribution in [0.2, 0.25) is 0 Å². The zero-order chi connectivity index (χ0) is 17.2. The molecule has 24 heavy (non-hydrogen) atoms. The van der Waals surface area contributed by atoms with E-state index in [0.29, 0.717) is 12.4 Å². The third kappa shape index (κ3) is 5.67. The molecule has 0 fully saturated rings. The standard InChI is InChI=1S/C22H29FO/c1-3-5-7-8-9-18-10-12-19(13-11-18)20-14-15-22(21(23)17-20)24-16-6-4-2/h10-15,17H,3-9,16H2,1-2H3. The van der Waals surface area contributed by atoms with Gasteiger partial charge in [0.15, 0.2) is 11.6 Å². The molecule has 0 radical (unpaired) electrons. The van der Waals surface area contributed by atoms with Gasteiger partial charge in [0.1, 0.15) is 0 Å². The van der Waals surface area contributed by atoms with Gasteiger partial charge >= 0.3 is 0 Å². The molecule has 1 nitrogen and oxygen atoms in total. The largest absolute Gasteiger partial charge is 0.491 e. The van der Waals surface area contributed by atoms with Crippen molar-refractivity contribution in [2.24, 2.45) is 0 Å². The Morgan fingerprint density at radius 1 is 0.792 bits per heavy atom. The minimum Gasteiger partial charge on any atom is -0.491 e. The van der Waals surface area contributed by atoms with Crippen molar-refractivity contribution in [1.82, 2.24) is 0 Å². The number of rotatable bonds is 10.